The van der Waals surface area contributed by atoms with Gasteiger partial charge in [0, 0.05) is 18.7 Å². The molecule has 1 aliphatic rings. The van der Waals surface area contributed by atoms with E-state index in [1.54, 1.807) is 37.3 Å². The highest BCUT2D eigenvalue weighted by Crippen LogP contribution is 2.34. The summed E-state index contributed by atoms with van der Waals surface area (Å²) in [6.45, 7) is 2.70. The molecule has 2 amide bonds. The molecule has 134 valence electrons. The van der Waals surface area contributed by atoms with Crippen molar-refractivity contribution in [3.63, 3.8) is 0 Å². The van der Waals surface area contributed by atoms with E-state index in [0.717, 1.165) is 30.7 Å². The smallest absolute Gasteiger partial charge is 0.322 e. The average molecular weight is 345 g/mol. The lowest BCUT2D eigenvalue weighted by Gasteiger charge is -2.23. The number of aromatic nitrogens is 1. The molecule has 0 aliphatic carbocycles. The number of urea groups is 1. The van der Waals surface area contributed by atoms with Crippen molar-refractivity contribution >= 4 is 11.7 Å². The lowest BCUT2D eigenvalue weighted by molar-refractivity contribution is 0.195. The van der Waals surface area contributed by atoms with Crippen LogP contribution in [0.2, 0.25) is 0 Å². The number of hydrogen-bond acceptors (Lipinski definition) is 5. The summed E-state index contributed by atoms with van der Waals surface area (Å²) in [7, 11) is 3.15. The van der Waals surface area contributed by atoms with Crippen molar-refractivity contribution in [1.82, 2.24) is 10.1 Å². The number of methoxy groups -OCH3 is 2. The average Bonchev–Trinajstić information content (AvgIpc) is 3.30. The standard InChI is InChI=1S/C18H23N3O4/c1-4-12-10-17(25-20-12)15-6-5-9-21(15)18(22)19-14-8-7-13(23-2)11-16(14)24-3/h7-8,10-11,15H,4-6,9H2,1-3H3,(H,19,22)/t15-/m0/s1. The van der Waals surface area contributed by atoms with E-state index in [4.69, 9.17) is 14.0 Å². The first kappa shape index (κ1) is 17.1. The van der Waals surface area contributed by atoms with Crippen molar-refractivity contribution in [2.24, 2.45) is 0 Å². The molecule has 2 aromatic rings. The zero-order chi connectivity index (χ0) is 17.8. The number of ether oxygens (including phenoxy) is 2. The van der Waals surface area contributed by atoms with Crippen LogP contribution in [0.5, 0.6) is 11.5 Å². The van der Waals surface area contributed by atoms with E-state index in [9.17, 15) is 4.79 Å². The number of carbonyl (C=O) groups is 1. The van der Waals surface area contributed by atoms with Crippen LogP contribution in [-0.4, -0.2) is 36.9 Å². The van der Waals surface area contributed by atoms with Crippen LogP contribution in [0.1, 0.15) is 37.3 Å². The molecule has 1 aromatic carbocycles. The lowest BCUT2D eigenvalue weighted by atomic mass is 10.1. The number of rotatable bonds is 5. The summed E-state index contributed by atoms with van der Waals surface area (Å²) in [6, 6.07) is 6.96. The van der Waals surface area contributed by atoms with Crippen LogP contribution >= 0.6 is 0 Å². The van der Waals surface area contributed by atoms with Crippen LogP contribution in [0.3, 0.4) is 0 Å². The third-order valence-corrected chi connectivity index (χ3v) is 4.43. The Bertz CT molecular complexity index is 744. The molecule has 1 aliphatic heterocycles. The van der Waals surface area contributed by atoms with E-state index >= 15 is 0 Å². The molecule has 0 bridgehead atoms. The number of aryl methyl sites for hydroxylation is 1. The molecule has 0 radical (unpaired) electrons. The fraction of sp³-hybridized carbons (Fsp3) is 0.444. The molecule has 1 saturated heterocycles. The molecule has 1 fully saturated rings. The molecule has 3 rings (SSSR count). The summed E-state index contributed by atoms with van der Waals surface area (Å²) >= 11 is 0. The van der Waals surface area contributed by atoms with Gasteiger partial charge in [0.25, 0.3) is 0 Å². The SMILES string of the molecule is CCc1cc([C@@H]2CCCN2C(=O)Nc2ccc(OC)cc2OC)on1. The second-order valence-electron chi connectivity index (χ2n) is 5.92. The number of nitrogens with one attached hydrogen (secondary N) is 1. The summed E-state index contributed by atoms with van der Waals surface area (Å²) in [6.07, 6.45) is 2.61. The summed E-state index contributed by atoms with van der Waals surface area (Å²) < 4.78 is 16.0. The first-order valence-corrected chi connectivity index (χ1v) is 8.41. The minimum Gasteiger partial charge on any atom is -0.497 e. The maximum atomic E-state index is 12.8. The second kappa shape index (κ2) is 7.46. The topological polar surface area (TPSA) is 76.8 Å². The summed E-state index contributed by atoms with van der Waals surface area (Å²) in [5.74, 6) is 1.96. The Morgan fingerprint density at radius 2 is 2.20 bits per heavy atom. The molecule has 1 atom stereocenters. The first-order chi connectivity index (χ1) is 12.2. The van der Waals surface area contributed by atoms with Gasteiger partial charge in [0.05, 0.1) is 31.6 Å². The van der Waals surface area contributed by atoms with Crippen LogP contribution in [0, 0.1) is 0 Å². The predicted molar refractivity (Wildman–Crippen MR) is 93.1 cm³/mol. The van der Waals surface area contributed by atoms with E-state index in [1.807, 2.05) is 13.0 Å². The van der Waals surface area contributed by atoms with Crippen LogP contribution < -0.4 is 14.8 Å². The Kier molecular flexibility index (Phi) is 5.11. The Labute approximate surface area is 146 Å². The molecule has 2 heterocycles. The van der Waals surface area contributed by atoms with Gasteiger partial charge in [0.15, 0.2) is 5.76 Å². The van der Waals surface area contributed by atoms with Gasteiger partial charge in [-0.3, -0.25) is 0 Å². The molecule has 0 spiro atoms. The van der Waals surface area contributed by atoms with Crippen molar-refractivity contribution in [2.45, 2.75) is 32.2 Å². The molecular formula is C18H23N3O4. The minimum absolute atomic E-state index is 0.0861. The van der Waals surface area contributed by atoms with Gasteiger partial charge in [-0.25, -0.2) is 4.79 Å². The van der Waals surface area contributed by atoms with Gasteiger partial charge in [0.1, 0.15) is 11.5 Å². The Morgan fingerprint density at radius 3 is 2.88 bits per heavy atom. The fourth-order valence-electron chi connectivity index (χ4n) is 3.05. The lowest BCUT2D eigenvalue weighted by Crippen LogP contribution is -2.34. The molecule has 25 heavy (non-hydrogen) atoms. The monoisotopic (exact) mass is 345 g/mol. The first-order valence-electron chi connectivity index (χ1n) is 8.41. The van der Waals surface area contributed by atoms with Crippen LogP contribution in [0.15, 0.2) is 28.8 Å². The molecule has 1 N–H and O–H groups in total. The number of nitrogens with zero attached hydrogens (tertiary/aromatic N) is 2. The molecular weight excluding hydrogens is 322 g/mol. The van der Waals surface area contributed by atoms with Crippen molar-refractivity contribution in [1.29, 1.82) is 0 Å². The summed E-state index contributed by atoms with van der Waals surface area (Å²) in [5.41, 5.74) is 1.50. The third-order valence-electron chi connectivity index (χ3n) is 4.43. The van der Waals surface area contributed by atoms with Gasteiger partial charge in [-0.15, -0.1) is 0 Å². The van der Waals surface area contributed by atoms with E-state index in [1.165, 1.54) is 0 Å². The normalized spacial score (nSPS) is 16.8. The number of benzene rings is 1. The maximum Gasteiger partial charge on any atom is 0.322 e. The number of likely N-dealkylation sites (tertiary alicyclic amines) is 1. The highest BCUT2D eigenvalue weighted by Gasteiger charge is 2.33. The maximum absolute atomic E-state index is 12.8. The van der Waals surface area contributed by atoms with Gasteiger partial charge in [-0.2, -0.15) is 0 Å². The van der Waals surface area contributed by atoms with Crippen LogP contribution in [0.4, 0.5) is 10.5 Å². The number of anilines is 1. The number of amides is 2. The van der Waals surface area contributed by atoms with Gasteiger partial charge >= 0.3 is 6.03 Å². The largest absolute Gasteiger partial charge is 0.497 e. The van der Waals surface area contributed by atoms with Crippen molar-refractivity contribution in [3.8, 4) is 11.5 Å². The van der Waals surface area contributed by atoms with Gasteiger partial charge in [0.2, 0.25) is 0 Å². The summed E-state index contributed by atoms with van der Waals surface area (Å²) in [4.78, 5) is 14.5. The third kappa shape index (κ3) is 3.55. The number of carbonyl (C=O) groups excluding carboxylic acids is 1. The molecule has 7 nitrogen and oxygen atoms in total. The second-order valence-corrected chi connectivity index (χ2v) is 5.92. The predicted octanol–water partition coefficient (Wildman–Crippen LogP) is 3.62. The van der Waals surface area contributed by atoms with E-state index in [0.29, 0.717) is 23.7 Å². The zero-order valence-corrected chi connectivity index (χ0v) is 14.7. The van der Waals surface area contributed by atoms with Crippen molar-refractivity contribution < 1.29 is 18.8 Å². The quantitative estimate of drug-likeness (QED) is 0.895. The van der Waals surface area contributed by atoms with E-state index in [-0.39, 0.29) is 12.1 Å². The highest BCUT2D eigenvalue weighted by molar-refractivity contribution is 5.91. The van der Waals surface area contributed by atoms with E-state index < -0.39 is 0 Å². The molecule has 7 heteroatoms. The Morgan fingerprint density at radius 1 is 1.36 bits per heavy atom. The zero-order valence-electron chi connectivity index (χ0n) is 14.7. The van der Waals surface area contributed by atoms with E-state index in [2.05, 4.69) is 10.5 Å². The molecule has 1 aromatic heterocycles. The van der Waals surface area contributed by atoms with Crippen molar-refractivity contribution in [3.05, 3.63) is 35.7 Å². The summed E-state index contributed by atoms with van der Waals surface area (Å²) in [5, 5.41) is 6.96. The van der Waals surface area contributed by atoms with Gasteiger partial charge < -0.3 is 24.2 Å². The minimum atomic E-state index is -0.180. The number of hydrogen-bond donors (Lipinski definition) is 1. The molecule has 0 unspecified atom stereocenters. The van der Waals surface area contributed by atoms with Crippen LogP contribution in [0.25, 0.3) is 0 Å². The van der Waals surface area contributed by atoms with Gasteiger partial charge in [-0.1, -0.05) is 12.1 Å². The molecule has 0 saturated carbocycles. The Hall–Kier alpha value is -2.70. The fourth-order valence-corrected chi connectivity index (χ4v) is 3.05. The van der Waals surface area contributed by atoms with Crippen molar-refractivity contribution in [2.75, 3.05) is 26.1 Å². The highest BCUT2D eigenvalue weighted by atomic mass is 16.5. The van der Waals surface area contributed by atoms with Crippen LogP contribution in [-0.2, 0) is 6.42 Å². The Balaban J connectivity index is 1.76. The van der Waals surface area contributed by atoms with Gasteiger partial charge in [-0.05, 0) is 31.4 Å².